The number of aliphatic hydroxyl groups excluding tert-OH is 1. The maximum Gasteiger partial charge on any atom is 0.275 e. The molecule has 4 heterocycles. The van der Waals surface area contributed by atoms with E-state index in [1.807, 2.05) is 29.1 Å². The van der Waals surface area contributed by atoms with E-state index >= 15 is 0 Å². The minimum absolute atomic E-state index is 0.0973. The van der Waals surface area contributed by atoms with Crippen molar-refractivity contribution in [3.05, 3.63) is 54.1 Å². The van der Waals surface area contributed by atoms with Crippen molar-refractivity contribution in [3.63, 3.8) is 0 Å². The Morgan fingerprint density at radius 2 is 2.27 bits per heavy atom. The van der Waals surface area contributed by atoms with Gasteiger partial charge in [-0.2, -0.15) is 10.2 Å². The number of rotatable bonds is 5. The Labute approximate surface area is 175 Å². The average Bonchev–Trinajstić information content (AvgIpc) is 3.54. The van der Waals surface area contributed by atoms with Crippen LogP contribution in [0.3, 0.4) is 0 Å². The van der Waals surface area contributed by atoms with Gasteiger partial charge >= 0.3 is 0 Å². The fourth-order valence-corrected chi connectivity index (χ4v) is 4.38. The van der Waals surface area contributed by atoms with E-state index in [4.69, 9.17) is 0 Å². The van der Waals surface area contributed by atoms with Crippen LogP contribution in [0.25, 0.3) is 22.0 Å². The smallest absolute Gasteiger partial charge is 0.275 e. The highest BCUT2D eigenvalue weighted by Crippen LogP contribution is 2.33. The van der Waals surface area contributed by atoms with Crippen LogP contribution in [-0.4, -0.2) is 47.1 Å². The molecule has 3 N–H and O–H groups in total. The maximum absolute atomic E-state index is 12.9. The Bertz CT molecular complexity index is 1150. The number of aromatic amines is 1. The zero-order chi connectivity index (χ0) is 20.5. The molecule has 4 aromatic heterocycles. The highest BCUT2D eigenvalue weighted by atomic mass is 32.1. The van der Waals surface area contributed by atoms with Gasteiger partial charge in [0.2, 0.25) is 0 Å². The van der Waals surface area contributed by atoms with E-state index in [0.717, 1.165) is 23.4 Å². The van der Waals surface area contributed by atoms with E-state index in [-0.39, 0.29) is 18.1 Å². The van der Waals surface area contributed by atoms with Crippen molar-refractivity contribution in [1.82, 2.24) is 29.9 Å². The lowest BCUT2D eigenvalue weighted by Gasteiger charge is -2.09. The Hall–Kier alpha value is -3.37. The second kappa shape index (κ2) is 7.81. The number of thiazole rings is 1. The molecule has 4 aromatic rings. The topological polar surface area (TPSA) is 122 Å². The molecule has 30 heavy (non-hydrogen) atoms. The molecule has 0 spiro atoms. The quantitative estimate of drug-likeness (QED) is 0.455. The Kier molecular flexibility index (Phi) is 4.85. The maximum atomic E-state index is 12.9. The monoisotopic (exact) mass is 421 g/mol. The molecule has 1 saturated carbocycles. The van der Waals surface area contributed by atoms with Crippen LogP contribution in [0, 0.1) is 0 Å². The highest BCUT2D eigenvalue weighted by Gasteiger charge is 2.27. The molecule has 1 aliphatic rings. The van der Waals surface area contributed by atoms with Gasteiger partial charge in [0.15, 0.2) is 0 Å². The molecule has 1 amide bonds. The summed E-state index contributed by atoms with van der Waals surface area (Å²) in [5.41, 5.74) is 2.99. The summed E-state index contributed by atoms with van der Waals surface area (Å²) in [6, 6.07) is 5.66. The van der Waals surface area contributed by atoms with E-state index in [1.165, 1.54) is 11.3 Å². The predicted octanol–water partition coefficient (Wildman–Crippen LogP) is 3.13. The lowest BCUT2D eigenvalue weighted by Crippen LogP contribution is -2.12. The molecular formula is C20H19N7O2S. The van der Waals surface area contributed by atoms with Crippen LogP contribution < -0.4 is 5.32 Å². The summed E-state index contributed by atoms with van der Waals surface area (Å²) < 4.78 is 1.83. The van der Waals surface area contributed by atoms with Gasteiger partial charge in [0.1, 0.15) is 16.4 Å². The van der Waals surface area contributed by atoms with Crippen molar-refractivity contribution in [3.8, 4) is 22.0 Å². The normalized spacial score (nSPS) is 18.6. The third-order valence-electron chi connectivity index (χ3n) is 5.12. The van der Waals surface area contributed by atoms with E-state index < -0.39 is 0 Å². The van der Waals surface area contributed by atoms with Crippen molar-refractivity contribution in [2.45, 2.75) is 31.4 Å². The molecule has 5 rings (SSSR count). The molecule has 1 aliphatic carbocycles. The summed E-state index contributed by atoms with van der Waals surface area (Å²) in [6.07, 6.45) is 8.84. The highest BCUT2D eigenvalue weighted by molar-refractivity contribution is 7.13. The molecular weight excluding hydrogens is 402 g/mol. The molecule has 0 bridgehead atoms. The number of aromatic nitrogens is 6. The summed E-state index contributed by atoms with van der Waals surface area (Å²) in [5, 5.41) is 26.6. The summed E-state index contributed by atoms with van der Waals surface area (Å²) in [6.45, 7) is 0. The minimum atomic E-state index is -0.316. The number of hydrogen-bond acceptors (Lipinski definition) is 7. The number of H-pyrrole nitrogens is 1. The minimum Gasteiger partial charge on any atom is -0.393 e. The first kappa shape index (κ1) is 18.6. The second-order valence-corrected chi connectivity index (χ2v) is 8.04. The van der Waals surface area contributed by atoms with Gasteiger partial charge in [0.05, 0.1) is 29.7 Å². The van der Waals surface area contributed by atoms with Crippen LogP contribution in [0.1, 0.15) is 35.8 Å². The van der Waals surface area contributed by atoms with Gasteiger partial charge in [-0.1, -0.05) is 6.07 Å². The number of amides is 1. The van der Waals surface area contributed by atoms with Crippen molar-refractivity contribution in [2.24, 2.45) is 0 Å². The third kappa shape index (κ3) is 3.62. The van der Waals surface area contributed by atoms with Crippen molar-refractivity contribution >= 4 is 22.9 Å². The van der Waals surface area contributed by atoms with E-state index in [2.05, 4.69) is 30.6 Å². The fourth-order valence-electron chi connectivity index (χ4n) is 3.60. The molecule has 1 fully saturated rings. The van der Waals surface area contributed by atoms with Crippen LogP contribution in [0.2, 0.25) is 0 Å². The Morgan fingerprint density at radius 1 is 1.33 bits per heavy atom. The number of pyridine rings is 1. The second-order valence-electron chi connectivity index (χ2n) is 7.19. The summed E-state index contributed by atoms with van der Waals surface area (Å²) in [4.78, 5) is 21.7. The standard InChI is InChI=1S/C20H19N7O2S/c28-14-5-4-13(7-14)27-10-16(18(26-27)15-3-1-2-6-21-15)24-19(29)17-11-30-20(25-17)12-8-22-23-9-12/h1-3,6,8-11,13-14,28H,4-5,7H2,(H,22,23)(H,24,29)/t13?,14-/m1/s1. The van der Waals surface area contributed by atoms with Crippen molar-refractivity contribution < 1.29 is 9.90 Å². The van der Waals surface area contributed by atoms with E-state index in [0.29, 0.717) is 29.2 Å². The van der Waals surface area contributed by atoms with Gasteiger partial charge in [0, 0.05) is 29.5 Å². The SMILES string of the molecule is O=C(Nc1cn(C2CC[C@@H](O)C2)nc1-c1ccccn1)c1csc(-c2cn[nH]c2)n1. The molecule has 2 atom stereocenters. The van der Waals surface area contributed by atoms with Gasteiger partial charge in [-0.25, -0.2) is 4.98 Å². The fraction of sp³-hybridized carbons (Fsp3) is 0.250. The summed E-state index contributed by atoms with van der Waals surface area (Å²) >= 11 is 1.38. The first-order chi connectivity index (χ1) is 14.7. The molecule has 1 unspecified atom stereocenters. The van der Waals surface area contributed by atoms with Gasteiger partial charge in [-0.3, -0.25) is 19.6 Å². The summed E-state index contributed by atoms with van der Waals surface area (Å²) in [5.74, 6) is -0.316. The molecule has 0 aliphatic heterocycles. The van der Waals surface area contributed by atoms with E-state index in [1.54, 1.807) is 24.0 Å². The average molecular weight is 421 g/mol. The lowest BCUT2D eigenvalue weighted by molar-refractivity contribution is 0.102. The number of anilines is 1. The van der Waals surface area contributed by atoms with Gasteiger partial charge < -0.3 is 10.4 Å². The molecule has 0 aromatic carbocycles. The van der Waals surface area contributed by atoms with Crippen molar-refractivity contribution in [1.29, 1.82) is 0 Å². The number of carbonyl (C=O) groups excluding carboxylic acids is 1. The molecule has 10 heteroatoms. The lowest BCUT2D eigenvalue weighted by atomic mass is 10.2. The Balaban J connectivity index is 1.44. The summed E-state index contributed by atoms with van der Waals surface area (Å²) in [7, 11) is 0. The van der Waals surface area contributed by atoms with E-state index in [9.17, 15) is 9.90 Å². The number of hydrogen-bond donors (Lipinski definition) is 3. The number of carbonyl (C=O) groups is 1. The van der Waals surface area contributed by atoms with Crippen molar-refractivity contribution in [2.75, 3.05) is 5.32 Å². The number of nitrogens with one attached hydrogen (secondary N) is 2. The van der Waals surface area contributed by atoms with Gasteiger partial charge in [-0.15, -0.1) is 11.3 Å². The van der Waals surface area contributed by atoms with Crippen LogP contribution in [0.15, 0.2) is 48.4 Å². The number of aliphatic hydroxyl groups is 1. The van der Waals surface area contributed by atoms with Gasteiger partial charge in [-0.05, 0) is 31.4 Å². The molecule has 0 saturated heterocycles. The van der Waals surface area contributed by atoms with Crippen LogP contribution >= 0.6 is 11.3 Å². The first-order valence-electron chi connectivity index (χ1n) is 9.62. The number of nitrogens with zero attached hydrogens (tertiary/aromatic N) is 5. The molecule has 0 radical (unpaired) electrons. The van der Waals surface area contributed by atoms with Crippen LogP contribution in [-0.2, 0) is 0 Å². The largest absolute Gasteiger partial charge is 0.393 e. The molecule has 9 nitrogen and oxygen atoms in total. The zero-order valence-electron chi connectivity index (χ0n) is 15.9. The molecule has 152 valence electrons. The predicted molar refractivity (Wildman–Crippen MR) is 112 cm³/mol. The zero-order valence-corrected chi connectivity index (χ0v) is 16.7. The van der Waals surface area contributed by atoms with Crippen LogP contribution in [0.5, 0.6) is 0 Å². The first-order valence-corrected chi connectivity index (χ1v) is 10.5. The Morgan fingerprint density at radius 3 is 3.00 bits per heavy atom. The van der Waals surface area contributed by atoms with Crippen LogP contribution in [0.4, 0.5) is 5.69 Å². The third-order valence-corrected chi connectivity index (χ3v) is 6.01. The van der Waals surface area contributed by atoms with Gasteiger partial charge in [0.25, 0.3) is 5.91 Å².